The molecule has 3 rings (SSSR count). The number of rotatable bonds is 6. The molecule has 1 saturated heterocycles. The van der Waals surface area contributed by atoms with Gasteiger partial charge in [-0.15, -0.1) is 0 Å². The molecule has 2 heterocycles. The van der Waals surface area contributed by atoms with Gasteiger partial charge in [-0.2, -0.15) is 5.10 Å². The average Bonchev–Trinajstić information content (AvgIpc) is 3.13. The maximum atomic E-state index is 5.62. The second-order valence-corrected chi connectivity index (χ2v) is 5.25. The van der Waals surface area contributed by atoms with E-state index in [0.717, 1.165) is 38.2 Å². The molecule has 0 spiro atoms. The highest BCUT2D eigenvalue weighted by atomic mass is 16.5. The number of benzene rings is 1. The van der Waals surface area contributed by atoms with Gasteiger partial charge >= 0.3 is 0 Å². The van der Waals surface area contributed by atoms with E-state index in [1.807, 2.05) is 16.9 Å². The van der Waals surface area contributed by atoms with E-state index in [1.165, 1.54) is 12.0 Å². The third-order valence-corrected chi connectivity index (χ3v) is 3.63. The number of ether oxygens (including phenoxy) is 1. The molecule has 1 unspecified atom stereocenters. The van der Waals surface area contributed by atoms with E-state index in [2.05, 4.69) is 40.9 Å². The molecule has 106 valence electrons. The van der Waals surface area contributed by atoms with Crippen molar-refractivity contribution in [3.05, 3.63) is 48.3 Å². The van der Waals surface area contributed by atoms with Gasteiger partial charge in [-0.1, -0.05) is 30.3 Å². The normalized spacial score (nSPS) is 18.3. The van der Waals surface area contributed by atoms with Crippen LogP contribution in [0.5, 0.6) is 0 Å². The van der Waals surface area contributed by atoms with Gasteiger partial charge in [-0.3, -0.25) is 4.68 Å². The van der Waals surface area contributed by atoms with Crippen LogP contribution >= 0.6 is 0 Å². The molecule has 1 atom stereocenters. The van der Waals surface area contributed by atoms with Crippen molar-refractivity contribution in [1.29, 1.82) is 0 Å². The third kappa shape index (κ3) is 3.61. The minimum absolute atomic E-state index is 0.340. The van der Waals surface area contributed by atoms with Crippen LogP contribution in [0.4, 0.5) is 5.69 Å². The summed E-state index contributed by atoms with van der Waals surface area (Å²) in [6, 6.07) is 10.5. The zero-order valence-corrected chi connectivity index (χ0v) is 11.7. The summed E-state index contributed by atoms with van der Waals surface area (Å²) in [7, 11) is 0. The van der Waals surface area contributed by atoms with Gasteiger partial charge in [0.25, 0.3) is 0 Å². The predicted octanol–water partition coefficient (Wildman–Crippen LogP) is 2.72. The second-order valence-electron chi connectivity index (χ2n) is 5.25. The van der Waals surface area contributed by atoms with Gasteiger partial charge < -0.3 is 10.1 Å². The van der Waals surface area contributed by atoms with Gasteiger partial charge in [0.05, 0.1) is 24.5 Å². The summed E-state index contributed by atoms with van der Waals surface area (Å²) in [6.07, 6.45) is 7.64. The zero-order valence-electron chi connectivity index (χ0n) is 11.7. The summed E-state index contributed by atoms with van der Waals surface area (Å²) in [4.78, 5) is 0. The number of anilines is 1. The van der Waals surface area contributed by atoms with Crippen molar-refractivity contribution >= 4 is 5.69 Å². The van der Waals surface area contributed by atoms with Gasteiger partial charge in [0.1, 0.15) is 0 Å². The Labute approximate surface area is 119 Å². The number of hydrogen-bond acceptors (Lipinski definition) is 3. The number of aromatic nitrogens is 2. The van der Waals surface area contributed by atoms with Gasteiger partial charge in [-0.05, 0) is 24.8 Å². The fourth-order valence-electron chi connectivity index (χ4n) is 2.55. The molecule has 4 heteroatoms. The lowest BCUT2D eigenvalue weighted by Crippen LogP contribution is -2.15. The van der Waals surface area contributed by atoms with Crippen LogP contribution in [0.15, 0.2) is 42.7 Å². The summed E-state index contributed by atoms with van der Waals surface area (Å²) in [5.74, 6) is 0. The Kier molecular flexibility index (Phi) is 4.33. The first-order chi connectivity index (χ1) is 9.90. The Morgan fingerprint density at radius 3 is 3.00 bits per heavy atom. The molecule has 1 fully saturated rings. The topological polar surface area (TPSA) is 39.1 Å². The fourth-order valence-corrected chi connectivity index (χ4v) is 2.55. The van der Waals surface area contributed by atoms with Crippen molar-refractivity contribution in [3.63, 3.8) is 0 Å². The van der Waals surface area contributed by atoms with Crippen molar-refractivity contribution in [2.24, 2.45) is 0 Å². The summed E-state index contributed by atoms with van der Waals surface area (Å²) < 4.78 is 7.60. The molecule has 0 radical (unpaired) electrons. The number of nitrogens with one attached hydrogen (secondary N) is 1. The summed E-state index contributed by atoms with van der Waals surface area (Å²) in [6.45, 7) is 2.68. The molecular formula is C16H21N3O. The van der Waals surface area contributed by atoms with E-state index in [4.69, 9.17) is 4.74 Å². The summed E-state index contributed by atoms with van der Waals surface area (Å²) >= 11 is 0. The van der Waals surface area contributed by atoms with Crippen molar-refractivity contribution in [2.45, 2.75) is 31.9 Å². The molecule has 0 amide bonds. The Morgan fingerprint density at radius 1 is 1.30 bits per heavy atom. The van der Waals surface area contributed by atoms with Crippen LogP contribution in [-0.2, 0) is 17.7 Å². The first-order valence-corrected chi connectivity index (χ1v) is 7.32. The molecule has 1 aromatic carbocycles. The van der Waals surface area contributed by atoms with Crippen LogP contribution in [0.3, 0.4) is 0 Å². The Balaban J connectivity index is 1.45. The quantitative estimate of drug-likeness (QED) is 0.878. The number of hydrogen-bond donors (Lipinski definition) is 1. The van der Waals surface area contributed by atoms with Crippen molar-refractivity contribution < 1.29 is 4.74 Å². The standard InChI is InChI=1S/C16H21N3O/c1-2-5-14(6-3-1)8-9-17-15-11-18-19(12-15)13-16-7-4-10-20-16/h1-3,5-6,11-12,16-17H,4,7-10,13H2. The Morgan fingerprint density at radius 2 is 2.20 bits per heavy atom. The van der Waals surface area contributed by atoms with Gasteiger partial charge in [0.15, 0.2) is 0 Å². The monoisotopic (exact) mass is 271 g/mol. The molecule has 1 aliphatic heterocycles. The Bertz CT molecular complexity index is 518. The molecule has 2 aromatic rings. The SMILES string of the molecule is c1ccc(CCNc2cnn(CC3CCCO3)c2)cc1. The summed E-state index contributed by atoms with van der Waals surface area (Å²) in [5, 5.41) is 7.79. The minimum atomic E-state index is 0.340. The van der Waals surface area contributed by atoms with Crippen molar-refractivity contribution in [3.8, 4) is 0 Å². The second kappa shape index (κ2) is 6.57. The molecule has 1 aliphatic rings. The van der Waals surface area contributed by atoms with Crippen LogP contribution < -0.4 is 5.32 Å². The van der Waals surface area contributed by atoms with E-state index in [9.17, 15) is 0 Å². The van der Waals surface area contributed by atoms with E-state index < -0.39 is 0 Å². The van der Waals surface area contributed by atoms with Gasteiger partial charge in [0.2, 0.25) is 0 Å². The molecule has 0 bridgehead atoms. The summed E-state index contributed by atoms with van der Waals surface area (Å²) in [5.41, 5.74) is 2.44. The highest BCUT2D eigenvalue weighted by molar-refractivity contribution is 5.38. The maximum absolute atomic E-state index is 5.62. The minimum Gasteiger partial charge on any atom is -0.382 e. The number of nitrogens with zero attached hydrogens (tertiary/aromatic N) is 2. The van der Waals surface area contributed by atoms with Crippen LogP contribution in [-0.4, -0.2) is 29.0 Å². The van der Waals surface area contributed by atoms with E-state index in [1.54, 1.807) is 0 Å². The molecule has 0 saturated carbocycles. The lowest BCUT2D eigenvalue weighted by molar-refractivity contribution is 0.0940. The van der Waals surface area contributed by atoms with E-state index in [-0.39, 0.29) is 0 Å². The third-order valence-electron chi connectivity index (χ3n) is 3.63. The lowest BCUT2D eigenvalue weighted by atomic mass is 10.1. The average molecular weight is 271 g/mol. The zero-order chi connectivity index (χ0) is 13.6. The molecular weight excluding hydrogens is 250 g/mol. The predicted molar refractivity (Wildman–Crippen MR) is 79.8 cm³/mol. The largest absolute Gasteiger partial charge is 0.382 e. The smallest absolute Gasteiger partial charge is 0.0771 e. The molecule has 4 nitrogen and oxygen atoms in total. The maximum Gasteiger partial charge on any atom is 0.0771 e. The van der Waals surface area contributed by atoms with Crippen LogP contribution in [0, 0.1) is 0 Å². The molecule has 1 N–H and O–H groups in total. The van der Waals surface area contributed by atoms with Crippen LogP contribution in [0.25, 0.3) is 0 Å². The lowest BCUT2D eigenvalue weighted by Gasteiger charge is -2.08. The Hall–Kier alpha value is -1.81. The molecule has 1 aromatic heterocycles. The first-order valence-electron chi connectivity index (χ1n) is 7.32. The van der Waals surface area contributed by atoms with E-state index in [0.29, 0.717) is 6.10 Å². The highest BCUT2D eigenvalue weighted by Gasteiger charge is 2.16. The molecule has 20 heavy (non-hydrogen) atoms. The highest BCUT2D eigenvalue weighted by Crippen LogP contribution is 2.15. The fraction of sp³-hybridized carbons (Fsp3) is 0.438. The van der Waals surface area contributed by atoms with Crippen LogP contribution in [0.1, 0.15) is 18.4 Å². The van der Waals surface area contributed by atoms with Gasteiger partial charge in [-0.25, -0.2) is 0 Å². The van der Waals surface area contributed by atoms with E-state index >= 15 is 0 Å². The first kappa shape index (κ1) is 13.2. The van der Waals surface area contributed by atoms with Gasteiger partial charge in [0, 0.05) is 19.3 Å². The molecule has 0 aliphatic carbocycles. The van der Waals surface area contributed by atoms with Crippen molar-refractivity contribution in [1.82, 2.24) is 9.78 Å². The van der Waals surface area contributed by atoms with Crippen molar-refractivity contribution in [2.75, 3.05) is 18.5 Å². The van der Waals surface area contributed by atoms with Crippen LogP contribution in [0.2, 0.25) is 0 Å².